The molecule has 0 saturated heterocycles. The highest BCUT2D eigenvalue weighted by Crippen LogP contribution is 2.22. The Morgan fingerprint density at radius 3 is 2.45 bits per heavy atom. The first-order valence-electron chi connectivity index (χ1n) is 7.30. The molecule has 0 aromatic heterocycles. The number of carbonyl (C=O) groups is 1. The quantitative estimate of drug-likeness (QED) is 0.779. The third-order valence-corrected chi connectivity index (χ3v) is 3.79. The third kappa shape index (κ3) is 3.89. The van der Waals surface area contributed by atoms with Crippen molar-refractivity contribution < 1.29 is 9.53 Å². The van der Waals surface area contributed by atoms with E-state index in [-0.39, 0.29) is 5.91 Å². The summed E-state index contributed by atoms with van der Waals surface area (Å²) in [5.41, 5.74) is 6.95. The number of benzene rings is 1. The van der Waals surface area contributed by atoms with Gasteiger partial charge in [0, 0.05) is 18.8 Å². The average Bonchev–Trinajstić information content (AvgIpc) is 2.48. The molecule has 0 bridgehead atoms. The number of hydrogen-bond acceptors (Lipinski definition) is 3. The lowest BCUT2D eigenvalue weighted by Gasteiger charge is -2.26. The fraction of sp³-hybridized carbons (Fsp3) is 0.562. The van der Waals surface area contributed by atoms with Crippen molar-refractivity contribution in [3.05, 3.63) is 23.8 Å². The van der Waals surface area contributed by atoms with Gasteiger partial charge in [0.1, 0.15) is 5.75 Å². The average molecular weight is 278 g/mol. The molecule has 112 valence electrons. The number of rotatable bonds is 7. The molecule has 0 aliphatic carbocycles. The fourth-order valence-corrected chi connectivity index (χ4v) is 2.23. The Hall–Kier alpha value is -1.71. The Labute approximate surface area is 121 Å². The summed E-state index contributed by atoms with van der Waals surface area (Å²) in [6.45, 7) is 7.78. The van der Waals surface area contributed by atoms with Crippen molar-refractivity contribution in [3.63, 3.8) is 0 Å². The number of methoxy groups -OCH3 is 1. The summed E-state index contributed by atoms with van der Waals surface area (Å²) in [6.07, 6.45) is 2.15. The van der Waals surface area contributed by atoms with E-state index in [9.17, 15) is 4.79 Å². The van der Waals surface area contributed by atoms with E-state index in [0.717, 1.165) is 19.4 Å². The first-order chi connectivity index (χ1) is 9.57. The molecule has 0 aliphatic heterocycles. The van der Waals surface area contributed by atoms with Crippen LogP contribution in [0.1, 0.15) is 44.0 Å². The summed E-state index contributed by atoms with van der Waals surface area (Å²) in [5, 5.41) is 0. The van der Waals surface area contributed by atoms with Crippen LogP contribution in [0.5, 0.6) is 5.75 Å². The minimum atomic E-state index is -0.0178. The largest absolute Gasteiger partial charge is 0.497 e. The van der Waals surface area contributed by atoms with Crippen molar-refractivity contribution >= 4 is 11.6 Å². The molecule has 0 unspecified atom stereocenters. The van der Waals surface area contributed by atoms with Crippen LogP contribution >= 0.6 is 0 Å². The van der Waals surface area contributed by atoms with E-state index in [1.165, 1.54) is 0 Å². The van der Waals surface area contributed by atoms with Crippen molar-refractivity contribution in [1.82, 2.24) is 4.90 Å². The number of ether oxygens (including phenoxy) is 1. The molecular formula is C16H26N2O2. The molecule has 0 radical (unpaired) electrons. The minimum Gasteiger partial charge on any atom is -0.497 e. The third-order valence-electron chi connectivity index (χ3n) is 3.79. The summed E-state index contributed by atoms with van der Waals surface area (Å²) < 4.78 is 5.17. The van der Waals surface area contributed by atoms with Gasteiger partial charge in [-0.25, -0.2) is 0 Å². The van der Waals surface area contributed by atoms with E-state index < -0.39 is 0 Å². The van der Waals surface area contributed by atoms with Gasteiger partial charge >= 0.3 is 0 Å². The predicted molar refractivity (Wildman–Crippen MR) is 83.1 cm³/mol. The maximum Gasteiger partial charge on any atom is 0.256 e. The highest BCUT2D eigenvalue weighted by molar-refractivity contribution is 5.99. The van der Waals surface area contributed by atoms with E-state index in [0.29, 0.717) is 29.5 Å². The van der Waals surface area contributed by atoms with Crippen LogP contribution in [0.3, 0.4) is 0 Å². The Bertz CT molecular complexity index is 442. The zero-order chi connectivity index (χ0) is 15.1. The summed E-state index contributed by atoms with van der Waals surface area (Å²) in [6, 6.07) is 5.20. The van der Waals surface area contributed by atoms with E-state index in [4.69, 9.17) is 10.5 Å². The summed E-state index contributed by atoms with van der Waals surface area (Å²) in [7, 11) is 1.58. The molecule has 1 aromatic carbocycles. The summed E-state index contributed by atoms with van der Waals surface area (Å²) in [4.78, 5) is 14.5. The second kappa shape index (κ2) is 7.78. The Morgan fingerprint density at radius 1 is 1.30 bits per heavy atom. The highest BCUT2D eigenvalue weighted by Gasteiger charge is 2.19. The van der Waals surface area contributed by atoms with Crippen LogP contribution in [0.4, 0.5) is 5.69 Å². The Balaban J connectivity index is 2.95. The standard InChI is InChI=1S/C16H26N2O2/c1-5-12(6-2)11-18(7-3)16(19)14-10-13(20-4)8-9-15(14)17/h8-10,12H,5-7,11,17H2,1-4H3. The molecule has 0 atom stereocenters. The molecule has 2 N–H and O–H groups in total. The molecule has 1 amide bonds. The molecule has 0 saturated carbocycles. The second-order valence-electron chi connectivity index (χ2n) is 4.98. The zero-order valence-electron chi connectivity index (χ0n) is 13.0. The van der Waals surface area contributed by atoms with E-state index in [1.54, 1.807) is 25.3 Å². The lowest BCUT2D eigenvalue weighted by atomic mass is 10.0. The molecule has 1 rings (SSSR count). The number of amides is 1. The van der Waals surface area contributed by atoms with Gasteiger partial charge in [0.25, 0.3) is 5.91 Å². The number of carbonyl (C=O) groups excluding carboxylic acids is 1. The molecule has 0 spiro atoms. The molecule has 0 aliphatic rings. The van der Waals surface area contributed by atoms with Gasteiger partial charge in [-0.3, -0.25) is 4.79 Å². The molecule has 4 nitrogen and oxygen atoms in total. The molecule has 20 heavy (non-hydrogen) atoms. The maximum absolute atomic E-state index is 12.6. The summed E-state index contributed by atoms with van der Waals surface area (Å²) in [5.74, 6) is 1.17. The number of nitrogens with two attached hydrogens (primary N) is 1. The van der Waals surface area contributed by atoms with Gasteiger partial charge in [-0.15, -0.1) is 0 Å². The van der Waals surface area contributed by atoms with Crippen LogP contribution in [0.25, 0.3) is 0 Å². The van der Waals surface area contributed by atoms with Gasteiger partial charge in [0.2, 0.25) is 0 Å². The lowest BCUT2D eigenvalue weighted by Crippen LogP contribution is -2.35. The molecule has 1 aromatic rings. The molecule has 0 fully saturated rings. The van der Waals surface area contributed by atoms with Crippen LogP contribution in [0.15, 0.2) is 18.2 Å². The minimum absolute atomic E-state index is 0.0178. The normalized spacial score (nSPS) is 10.7. The molecule has 4 heteroatoms. The number of nitrogen functional groups attached to an aromatic ring is 1. The van der Waals surface area contributed by atoms with Gasteiger partial charge < -0.3 is 15.4 Å². The molecule has 0 heterocycles. The number of hydrogen-bond donors (Lipinski definition) is 1. The maximum atomic E-state index is 12.6. The zero-order valence-corrected chi connectivity index (χ0v) is 13.0. The predicted octanol–water partition coefficient (Wildman–Crippen LogP) is 3.18. The second-order valence-corrected chi connectivity index (χ2v) is 4.98. The van der Waals surface area contributed by atoms with E-state index >= 15 is 0 Å². The number of anilines is 1. The van der Waals surface area contributed by atoms with E-state index in [1.807, 2.05) is 11.8 Å². The van der Waals surface area contributed by atoms with Gasteiger partial charge in [0.15, 0.2) is 0 Å². The van der Waals surface area contributed by atoms with Crippen molar-refractivity contribution in [2.45, 2.75) is 33.6 Å². The van der Waals surface area contributed by atoms with Gasteiger partial charge in [-0.1, -0.05) is 26.7 Å². The van der Waals surface area contributed by atoms with Crippen molar-refractivity contribution in [3.8, 4) is 5.75 Å². The van der Waals surface area contributed by atoms with Gasteiger partial charge in [-0.2, -0.15) is 0 Å². The Morgan fingerprint density at radius 2 is 1.95 bits per heavy atom. The van der Waals surface area contributed by atoms with Crippen LogP contribution < -0.4 is 10.5 Å². The summed E-state index contributed by atoms with van der Waals surface area (Å²) >= 11 is 0. The van der Waals surface area contributed by atoms with Crippen LogP contribution in [-0.2, 0) is 0 Å². The fourth-order valence-electron chi connectivity index (χ4n) is 2.23. The first-order valence-corrected chi connectivity index (χ1v) is 7.30. The molecular weight excluding hydrogens is 252 g/mol. The van der Waals surface area contributed by atoms with Crippen LogP contribution in [0, 0.1) is 5.92 Å². The number of nitrogens with zero attached hydrogens (tertiary/aromatic N) is 1. The topological polar surface area (TPSA) is 55.6 Å². The lowest BCUT2D eigenvalue weighted by molar-refractivity contribution is 0.0735. The smallest absolute Gasteiger partial charge is 0.256 e. The van der Waals surface area contributed by atoms with E-state index in [2.05, 4.69) is 13.8 Å². The van der Waals surface area contributed by atoms with Crippen molar-refractivity contribution in [1.29, 1.82) is 0 Å². The van der Waals surface area contributed by atoms with Crippen LogP contribution in [0.2, 0.25) is 0 Å². The van der Waals surface area contributed by atoms with Gasteiger partial charge in [0.05, 0.1) is 12.7 Å². The van der Waals surface area contributed by atoms with Gasteiger partial charge in [-0.05, 0) is 31.0 Å². The first kappa shape index (κ1) is 16.3. The Kier molecular flexibility index (Phi) is 6.36. The van der Waals surface area contributed by atoms with Crippen molar-refractivity contribution in [2.75, 3.05) is 25.9 Å². The van der Waals surface area contributed by atoms with Crippen molar-refractivity contribution in [2.24, 2.45) is 5.92 Å². The SMILES string of the molecule is CCC(CC)CN(CC)C(=O)c1cc(OC)ccc1N. The highest BCUT2D eigenvalue weighted by atomic mass is 16.5. The monoisotopic (exact) mass is 278 g/mol. The van der Waals surface area contributed by atoms with Crippen LogP contribution in [-0.4, -0.2) is 31.0 Å².